The van der Waals surface area contributed by atoms with Gasteiger partial charge < -0.3 is 15.9 Å². The van der Waals surface area contributed by atoms with Crippen LogP contribution >= 0.6 is 0 Å². The Balaban J connectivity index is 3.73. The second kappa shape index (κ2) is 3.30. The summed E-state index contributed by atoms with van der Waals surface area (Å²) in [5.74, 6) is 0. The Hall–Kier alpha value is -0.160. The van der Waals surface area contributed by atoms with Crippen molar-refractivity contribution in [2.45, 2.75) is 38.8 Å². The molecular weight excluding hydrogens is 132 g/mol. The summed E-state index contributed by atoms with van der Waals surface area (Å²) >= 11 is 0. The van der Waals surface area contributed by atoms with Crippen molar-refractivity contribution in [2.24, 2.45) is 5.73 Å². The molecule has 0 bridgehead atoms. The maximum Gasteiger partial charge on any atom is 0.124 e. The highest BCUT2D eigenvalue weighted by Gasteiger charge is 2.22. The van der Waals surface area contributed by atoms with Gasteiger partial charge in [-0.25, -0.2) is 0 Å². The lowest BCUT2D eigenvalue weighted by Gasteiger charge is -2.27. The summed E-state index contributed by atoms with van der Waals surface area (Å²) in [4.78, 5) is 0. The molecule has 0 aliphatic carbocycles. The zero-order valence-corrected chi connectivity index (χ0v) is 6.63. The Morgan fingerprint density at radius 2 is 1.80 bits per heavy atom. The molecule has 4 heteroatoms. The van der Waals surface area contributed by atoms with E-state index >= 15 is 0 Å². The maximum absolute atomic E-state index is 9.16. The highest BCUT2D eigenvalue weighted by molar-refractivity contribution is 4.79. The molecule has 2 unspecified atom stereocenters. The average molecular weight is 148 g/mol. The van der Waals surface area contributed by atoms with Crippen LogP contribution in [0.15, 0.2) is 0 Å². The van der Waals surface area contributed by atoms with E-state index in [0.717, 1.165) is 0 Å². The van der Waals surface area contributed by atoms with Crippen LogP contribution < -0.4 is 11.1 Å². The van der Waals surface area contributed by atoms with Crippen LogP contribution in [0.4, 0.5) is 0 Å². The smallest absolute Gasteiger partial charge is 0.124 e. The summed E-state index contributed by atoms with van der Waals surface area (Å²) < 4.78 is 0. The van der Waals surface area contributed by atoms with E-state index in [1.165, 1.54) is 6.92 Å². The molecule has 10 heavy (non-hydrogen) atoms. The third-order valence-corrected chi connectivity index (χ3v) is 1.10. The quantitative estimate of drug-likeness (QED) is 0.386. The number of aliphatic hydroxyl groups is 2. The van der Waals surface area contributed by atoms with E-state index in [0.29, 0.717) is 0 Å². The number of rotatable bonds is 3. The first-order valence-corrected chi connectivity index (χ1v) is 3.25. The van der Waals surface area contributed by atoms with Crippen molar-refractivity contribution < 1.29 is 10.2 Å². The van der Waals surface area contributed by atoms with Crippen LogP contribution in [0.3, 0.4) is 0 Å². The molecule has 0 spiro atoms. The van der Waals surface area contributed by atoms with Gasteiger partial charge in [-0.2, -0.15) is 0 Å². The second-order valence-corrected chi connectivity index (χ2v) is 3.07. The first-order chi connectivity index (χ1) is 4.34. The molecule has 0 amide bonds. The van der Waals surface area contributed by atoms with Gasteiger partial charge in [-0.15, -0.1) is 0 Å². The number of hydrogen-bond donors (Lipinski definition) is 4. The van der Waals surface area contributed by atoms with E-state index in [9.17, 15) is 0 Å². The van der Waals surface area contributed by atoms with Gasteiger partial charge in [0.25, 0.3) is 0 Å². The molecular formula is C6H16N2O2. The lowest BCUT2D eigenvalue weighted by atomic mass is 10.1. The summed E-state index contributed by atoms with van der Waals surface area (Å²) in [6, 6.07) is 0. The Labute approximate surface area is 61.0 Å². The van der Waals surface area contributed by atoms with Crippen molar-refractivity contribution in [3.05, 3.63) is 0 Å². The maximum atomic E-state index is 9.16. The molecule has 4 nitrogen and oxygen atoms in total. The molecule has 0 fully saturated rings. The van der Waals surface area contributed by atoms with Crippen LogP contribution in [0, 0.1) is 0 Å². The number of hydrogen-bond acceptors (Lipinski definition) is 4. The summed E-state index contributed by atoms with van der Waals surface area (Å²) in [7, 11) is 0. The Kier molecular flexibility index (Phi) is 3.24. The molecule has 62 valence electrons. The third-order valence-electron chi connectivity index (χ3n) is 1.10. The van der Waals surface area contributed by atoms with E-state index in [1.54, 1.807) is 13.8 Å². The Morgan fingerprint density at radius 3 is 1.90 bits per heavy atom. The minimum absolute atomic E-state index is 0.725. The molecule has 0 saturated carbocycles. The second-order valence-electron chi connectivity index (χ2n) is 3.07. The van der Waals surface area contributed by atoms with Crippen LogP contribution in [0.2, 0.25) is 0 Å². The Morgan fingerprint density at radius 1 is 1.40 bits per heavy atom. The van der Waals surface area contributed by atoms with Gasteiger partial charge in [0.2, 0.25) is 0 Å². The van der Waals surface area contributed by atoms with Crippen molar-refractivity contribution in [3.8, 4) is 0 Å². The van der Waals surface area contributed by atoms with Crippen molar-refractivity contribution in [3.63, 3.8) is 0 Å². The molecule has 0 aliphatic heterocycles. The minimum atomic E-state index is -0.882. The average Bonchev–Trinajstić information content (AvgIpc) is 1.60. The summed E-state index contributed by atoms with van der Waals surface area (Å²) in [5, 5.41) is 20.4. The van der Waals surface area contributed by atoms with E-state index in [1.807, 2.05) is 0 Å². The van der Waals surface area contributed by atoms with Crippen LogP contribution in [0.1, 0.15) is 20.8 Å². The number of nitrogens with one attached hydrogen (secondary N) is 1. The van der Waals surface area contributed by atoms with E-state index in [4.69, 9.17) is 15.9 Å². The molecule has 0 aromatic rings. The van der Waals surface area contributed by atoms with Gasteiger partial charge in [-0.3, -0.25) is 5.32 Å². The molecule has 0 saturated heterocycles. The van der Waals surface area contributed by atoms with Crippen molar-refractivity contribution in [2.75, 3.05) is 0 Å². The number of nitrogens with two attached hydrogens (primary N) is 1. The lowest BCUT2D eigenvalue weighted by Crippen LogP contribution is -2.55. The van der Waals surface area contributed by atoms with E-state index in [2.05, 4.69) is 5.32 Å². The normalized spacial score (nSPS) is 18.6. The number of aliphatic hydroxyl groups excluding tert-OH is 2. The topological polar surface area (TPSA) is 78.5 Å². The zero-order valence-electron chi connectivity index (χ0n) is 6.63. The van der Waals surface area contributed by atoms with Gasteiger partial charge in [-0.05, 0) is 20.8 Å². The largest absolute Gasteiger partial charge is 0.379 e. The molecule has 5 N–H and O–H groups in total. The van der Waals surface area contributed by atoms with Gasteiger partial charge in [0.05, 0.1) is 0 Å². The van der Waals surface area contributed by atoms with Gasteiger partial charge in [-0.1, -0.05) is 0 Å². The predicted molar refractivity (Wildman–Crippen MR) is 39.1 cm³/mol. The van der Waals surface area contributed by atoms with Crippen LogP contribution in [-0.2, 0) is 0 Å². The fraction of sp³-hybridized carbons (Fsp3) is 1.00. The van der Waals surface area contributed by atoms with E-state index in [-0.39, 0.29) is 0 Å². The molecule has 0 aromatic carbocycles. The molecule has 0 radical (unpaired) electrons. The standard InChI is InChI=1S/C6H16N2O2/c1-4(9)8-5(10)6(2,3)7/h4-5,8-10H,7H2,1-3H3. The fourth-order valence-electron chi connectivity index (χ4n) is 0.443. The van der Waals surface area contributed by atoms with Gasteiger partial charge in [0.1, 0.15) is 12.5 Å². The van der Waals surface area contributed by atoms with Gasteiger partial charge >= 0.3 is 0 Å². The monoisotopic (exact) mass is 148 g/mol. The summed E-state index contributed by atoms with van der Waals surface area (Å²) in [6.45, 7) is 4.87. The van der Waals surface area contributed by atoms with Gasteiger partial charge in [0, 0.05) is 5.54 Å². The molecule has 0 heterocycles. The SMILES string of the molecule is CC(O)NC(O)C(C)(C)N. The van der Waals surface area contributed by atoms with Crippen molar-refractivity contribution in [1.29, 1.82) is 0 Å². The lowest BCUT2D eigenvalue weighted by molar-refractivity contribution is 0.0134. The Bertz CT molecular complexity index is 98.4. The van der Waals surface area contributed by atoms with Gasteiger partial charge in [0.15, 0.2) is 0 Å². The summed E-state index contributed by atoms with van der Waals surface area (Å²) in [6.07, 6.45) is -1.62. The van der Waals surface area contributed by atoms with Crippen molar-refractivity contribution in [1.82, 2.24) is 5.32 Å². The van der Waals surface area contributed by atoms with Crippen LogP contribution in [-0.4, -0.2) is 28.2 Å². The fourth-order valence-corrected chi connectivity index (χ4v) is 0.443. The van der Waals surface area contributed by atoms with Crippen molar-refractivity contribution >= 4 is 0 Å². The third kappa shape index (κ3) is 3.79. The predicted octanol–water partition coefficient (Wildman–Crippen LogP) is -1.03. The minimum Gasteiger partial charge on any atom is -0.379 e. The summed E-state index contributed by atoms with van der Waals surface area (Å²) in [5.41, 5.74) is 4.78. The first-order valence-electron chi connectivity index (χ1n) is 3.25. The molecule has 0 rings (SSSR count). The highest BCUT2D eigenvalue weighted by Crippen LogP contribution is 2.01. The van der Waals surface area contributed by atoms with E-state index < -0.39 is 18.0 Å². The zero-order chi connectivity index (χ0) is 8.36. The molecule has 2 atom stereocenters. The van der Waals surface area contributed by atoms with Crippen LogP contribution in [0.5, 0.6) is 0 Å². The molecule has 0 aliphatic rings. The molecule has 0 aromatic heterocycles. The first kappa shape index (κ1) is 9.84. The highest BCUT2D eigenvalue weighted by atomic mass is 16.3. The van der Waals surface area contributed by atoms with Crippen LogP contribution in [0.25, 0.3) is 0 Å².